The van der Waals surface area contributed by atoms with Crippen LogP contribution in [0.1, 0.15) is 26.7 Å². The molecule has 7 heteroatoms. The fourth-order valence-corrected chi connectivity index (χ4v) is 2.57. The number of nitrogens with one attached hydrogen (secondary N) is 2. The van der Waals surface area contributed by atoms with Crippen LogP contribution in [-0.2, 0) is 0 Å². The SMILES string of the molecule is Cc1c(C(=O)NCCNC(=O)c2ccco2)oc2c(Cl)cccc12. The van der Waals surface area contributed by atoms with Crippen LogP contribution in [0.25, 0.3) is 11.0 Å². The molecule has 0 radical (unpaired) electrons. The molecule has 0 bridgehead atoms. The number of hydrogen-bond acceptors (Lipinski definition) is 4. The third kappa shape index (κ3) is 3.14. The zero-order valence-corrected chi connectivity index (χ0v) is 13.6. The predicted molar refractivity (Wildman–Crippen MR) is 89.3 cm³/mol. The molecule has 0 aliphatic heterocycles. The summed E-state index contributed by atoms with van der Waals surface area (Å²) >= 11 is 6.08. The average molecular weight is 347 g/mol. The maximum Gasteiger partial charge on any atom is 0.287 e. The van der Waals surface area contributed by atoms with Crippen LogP contribution in [0.15, 0.2) is 45.4 Å². The zero-order valence-electron chi connectivity index (χ0n) is 12.9. The Balaban J connectivity index is 1.59. The summed E-state index contributed by atoms with van der Waals surface area (Å²) in [5.41, 5.74) is 1.22. The second kappa shape index (κ2) is 6.80. The van der Waals surface area contributed by atoms with E-state index in [0.717, 1.165) is 10.9 Å². The highest BCUT2D eigenvalue weighted by Gasteiger charge is 2.18. The van der Waals surface area contributed by atoms with E-state index in [2.05, 4.69) is 10.6 Å². The van der Waals surface area contributed by atoms with Crippen LogP contribution >= 0.6 is 11.6 Å². The molecule has 1 aromatic carbocycles. The monoisotopic (exact) mass is 346 g/mol. The van der Waals surface area contributed by atoms with Crippen molar-refractivity contribution >= 4 is 34.4 Å². The van der Waals surface area contributed by atoms with Crippen LogP contribution < -0.4 is 10.6 Å². The van der Waals surface area contributed by atoms with E-state index in [1.807, 2.05) is 6.07 Å². The van der Waals surface area contributed by atoms with E-state index in [4.69, 9.17) is 20.4 Å². The fraction of sp³-hybridized carbons (Fsp3) is 0.176. The molecule has 24 heavy (non-hydrogen) atoms. The number of benzene rings is 1. The molecule has 2 aromatic heterocycles. The summed E-state index contributed by atoms with van der Waals surface area (Å²) in [6, 6.07) is 8.56. The third-order valence-corrected chi connectivity index (χ3v) is 3.86. The summed E-state index contributed by atoms with van der Waals surface area (Å²) < 4.78 is 10.6. The van der Waals surface area contributed by atoms with Gasteiger partial charge in [0.15, 0.2) is 17.1 Å². The lowest BCUT2D eigenvalue weighted by Gasteiger charge is -2.05. The van der Waals surface area contributed by atoms with Gasteiger partial charge in [-0.1, -0.05) is 23.7 Å². The van der Waals surface area contributed by atoms with Crippen molar-refractivity contribution in [2.75, 3.05) is 13.1 Å². The van der Waals surface area contributed by atoms with E-state index in [0.29, 0.717) is 10.6 Å². The largest absolute Gasteiger partial charge is 0.459 e. The first-order valence-electron chi connectivity index (χ1n) is 7.35. The van der Waals surface area contributed by atoms with Gasteiger partial charge in [-0.2, -0.15) is 0 Å². The van der Waals surface area contributed by atoms with Gasteiger partial charge in [-0.25, -0.2) is 0 Å². The van der Waals surface area contributed by atoms with Crippen LogP contribution in [0.5, 0.6) is 0 Å². The fourth-order valence-electron chi connectivity index (χ4n) is 2.35. The van der Waals surface area contributed by atoms with E-state index in [1.165, 1.54) is 6.26 Å². The van der Waals surface area contributed by atoms with E-state index < -0.39 is 0 Å². The molecule has 0 aliphatic rings. The van der Waals surface area contributed by atoms with Crippen LogP contribution in [0.4, 0.5) is 0 Å². The second-order valence-corrected chi connectivity index (χ2v) is 5.57. The molecule has 0 atom stereocenters. The molecule has 3 aromatic rings. The Hall–Kier alpha value is -2.73. The molecule has 0 saturated carbocycles. The molecular weight excluding hydrogens is 332 g/mol. The number of amides is 2. The topological polar surface area (TPSA) is 84.5 Å². The van der Waals surface area contributed by atoms with E-state index in [1.54, 1.807) is 31.2 Å². The number of rotatable bonds is 5. The van der Waals surface area contributed by atoms with Crippen molar-refractivity contribution in [1.29, 1.82) is 0 Å². The minimum Gasteiger partial charge on any atom is -0.459 e. The number of halogens is 1. The highest BCUT2D eigenvalue weighted by molar-refractivity contribution is 6.35. The second-order valence-electron chi connectivity index (χ2n) is 5.16. The van der Waals surface area contributed by atoms with E-state index in [-0.39, 0.29) is 36.4 Å². The van der Waals surface area contributed by atoms with Crippen molar-refractivity contribution in [3.63, 3.8) is 0 Å². The van der Waals surface area contributed by atoms with Crippen LogP contribution in [0.3, 0.4) is 0 Å². The number of hydrogen-bond donors (Lipinski definition) is 2. The minimum absolute atomic E-state index is 0.218. The van der Waals surface area contributed by atoms with Crippen molar-refractivity contribution in [1.82, 2.24) is 10.6 Å². The van der Waals surface area contributed by atoms with Gasteiger partial charge in [0, 0.05) is 24.0 Å². The first-order valence-corrected chi connectivity index (χ1v) is 7.73. The van der Waals surface area contributed by atoms with Gasteiger partial charge in [-0.3, -0.25) is 9.59 Å². The Morgan fingerprint density at radius 3 is 2.50 bits per heavy atom. The van der Waals surface area contributed by atoms with Gasteiger partial charge in [0.2, 0.25) is 0 Å². The van der Waals surface area contributed by atoms with Crippen molar-refractivity contribution in [3.05, 3.63) is 58.7 Å². The quantitative estimate of drug-likeness (QED) is 0.695. The maximum atomic E-state index is 12.2. The van der Waals surface area contributed by atoms with Crippen molar-refractivity contribution in [2.45, 2.75) is 6.92 Å². The van der Waals surface area contributed by atoms with Crippen molar-refractivity contribution in [3.8, 4) is 0 Å². The molecule has 2 amide bonds. The number of aryl methyl sites for hydroxylation is 1. The van der Waals surface area contributed by atoms with E-state index >= 15 is 0 Å². The number of para-hydroxylation sites is 1. The summed E-state index contributed by atoms with van der Waals surface area (Å²) in [7, 11) is 0. The third-order valence-electron chi connectivity index (χ3n) is 3.56. The molecule has 2 heterocycles. The minimum atomic E-state index is -0.355. The Morgan fingerprint density at radius 2 is 1.83 bits per heavy atom. The number of carbonyl (C=O) groups is 2. The molecular formula is C17H15ClN2O4. The Kier molecular flexibility index (Phi) is 4.57. The molecule has 0 saturated heterocycles. The Bertz CT molecular complexity index is 884. The van der Waals surface area contributed by atoms with Crippen molar-refractivity contribution < 1.29 is 18.4 Å². The highest BCUT2D eigenvalue weighted by atomic mass is 35.5. The Labute approximate surface area is 142 Å². The number of carbonyl (C=O) groups excluding carboxylic acids is 2. The Morgan fingerprint density at radius 1 is 1.08 bits per heavy atom. The zero-order chi connectivity index (χ0) is 17.1. The lowest BCUT2D eigenvalue weighted by atomic mass is 10.1. The summed E-state index contributed by atoms with van der Waals surface area (Å²) in [6.07, 6.45) is 1.42. The maximum absolute atomic E-state index is 12.2. The van der Waals surface area contributed by atoms with Crippen molar-refractivity contribution in [2.24, 2.45) is 0 Å². The lowest BCUT2D eigenvalue weighted by Crippen LogP contribution is -2.34. The molecule has 0 spiro atoms. The van der Waals surface area contributed by atoms with Gasteiger partial charge in [0.05, 0.1) is 11.3 Å². The molecule has 6 nitrogen and oxygen atoms in total. The van der Waals surface area contributed by atoms with Gasteiger partial charge in [-0.05, 0) is 25.1 Å². The van der Waals surface area contributed by atoms with Gasteiger partial charge >= 0.3 is 0 Å². The average Bonchev–Trinajstić information content (AvgIpc) is 3.21. The summed E-state index contributed by atoms with van der Waals surface area (Å²) in [4.78, 5) is 23.9. The molecule has 124 valence electrons. The van der Waals surface area contributed by atoms with E-state index in [9.17, 15) is 9.59 Å². The van der Waals surface area contributed by atoms with Crippen LogP contribution in [-0.4, -0.2) is 24.9 Å². The molecule has 0 aliphatic carbocycles. The first-order chi connectivity index (χ1) is 11.6. The van der Waals surface area contributed by atoms with Gasteiger partial charge in [-0.15, -0.1) is 0 Å². The molecule has 0 fully saturated rings. The summed E-state index contributed by atoms with van der Waals surface area (Å²) in [5.74, 6) is -0.243. The van der Waals surface area contributed by atoms with Gasteiger partial charge < -0.3 is 19.5 Å². The standard InChI is InChI=1S/C17H15ClN2O4/c1-10-11-4-2-5-12(18)15(11)24-14(10)17(22)20-8-7-19-16(21)13-6-3-9-23-13/h2-6,9H,7-8H2,1H3,(H,19,21)(H,20,22). The molecule has 3 rings (SSSR count). The first kappa shape index (κ1) is 16.1. The van der Waals surface area contributed by atoms with Crippen LogP contribution in [0, 0.1) is 6.92 Å². The predicted octanol–water partition coefficient (Wildman–Crippen LogP) is 3.15. The lowest BCUT2D eigenvalue weighted by molar-refractivity contribution is 0.0901. The number of fused-ring (bicyclic) bond motifs is 1. The molecule has 2 N–H and O–H groups in total. The highest BCUT2D eigenvalue weighted by Crippen LogP contribution is 2.30. The normalized spacial score (nSPS) is 10.8. The smallest absolute Gasteiger partial charge is 0.287 e. The number of furan rings is 2. The summed E-state index contributed by atoms with van der Waals surface area (Å²) in [5, 5.41) is 6.61. The summed E-state index contributed by atoms with van der Waals surface area (Å²) in [6.45, 7) is 2.33. The molecule has 0 unspecified atom stereocenters. The van der Waals surface area contributed by atoms with Gasteiger partial charge in [0.25, 0.3) is 11.8 Å². The van der Waals surface area contributed by atoms with Crippen LogP contribution in [0.2, 0.25) is 5.02 Å². The van der Waals surface area contributed by atoms with Gasteiger partial charge in [0.1, 0.15) is 0 Å².